The van der Waals surface area contributed by atoms with Gasteiger partial charge in [-0.2, -0.15) is 4.72 Å². The highest BCUT2D eigenvalue weighted by Gasteiger charge is 2.29. The summed E-state index contributed by atoms with van der Waals surface area (Å²) < 4.78 is 26.6. The largest absolute Gasteiger partial charge is 0.481 e. The maximum atomic E-state index is 12.3. The van der Waals surface area contributed by atoms with E-state index in [0.29, 0.717) is 11.1 Å². The van der Waals surface area contributed by atoms with Gasteiger partial charge in [0.15, 0.2) is 0 Å². The Bertz CT molecular complexity index is 657. The molecule has 7 nitrogen and oxygen atoms in total. The van der Waals surface area contributed by atoms with Crippen LogP contribution >= 0.6 is 0 Å². The maximum Gasteiger partial charge on any atom is 0.322 e. The van der Waals surface area contributed by atoms with E-state index in [1.807, 2.05) is 11.6 Å². The standard InChI is InChI=1S/C13H17NO6S/c1-7-4-8(2)12(9(3)5-7)21(19,20)14-10(13(17)18)6-11(15)16/h4-5,10,14H,6H2,1-3H3,(H,15,16)(H,17,18). The van der Waals surface area contributed by atoms with Gasteiger partial charge in [0.25, 0.3) is 0 Å². The third kappa shape index (κ3) is 4.27. The molecule has 0 saturated heterocycles. The molecule has 116 valence electrons. The van der Waals surface area contributed by atoms with E-state index < -0.39 is 34.4 Å². The average molecular weight is 315 g/mol. The molecule has 1 unspecified atom stereocenters. The van der Waals surface area contributed by atoms with Crippen molar-refractivity contribution in [3.05, 3.63) is 28.8 Å². The molecule has 0 aliphatic rings. The number of benzene rings is 1. The lowest BCUT2D eigenvalue weighted by molar-refractivity contribution is -0.145. The summed E-state index contributed by atoms with van der Waals surface area (Å²) in [6.45, 7) is 5.01. The molecule has 1 rings (SSSR count). The summed E-state index contributed by atoms with van der Waals surface area (Å²) >= 11 is 0. The van der Waals surface area contributed by atoms with Crippen LogP contribution in [0.15, 0.2) is 17.0 Å². The van der Waals surface area contributed by atoms with Crippen LogP contribution in [0.4, 0.5) is 0 Å². The van der Waals surface area contributed by atoms with Crippen LogP contribution in [0.5, 0.6) is 0 Å². The molecule has 21 heavy (non-hydrogen) atoms. The van der Waals surface area contributed by atoms with Crippen molar-refractivity contribution < 1.29 is 28.2 Å². The van der Waals surface area contributed by atoms with Gasteiger partial charge < -0.3 is 10.2 Å². The number of aliphatic carboxylic acids is 2. The highest BCUT2D eigenvalue weighted by molar-refractivity contribution is 7.89. The number of nitrogens with one attached hydrogen (secondary N) is 1. The van der Waals surface area contributed by atoms with Crippen LogP contribution in [0.3, 0.4) is 0 Å². The van der Waals surface area contributed by atoms with E-state index in [-0.39, 0.29) is 4.90 Å². The quantitative estimate of drug-likeness (QED) is 0.714. The molecule has 1 aromatic carbocycles. The number of sulfonamides is 1. The van der Waals surface area contributed by atoms with Gasteiger partial charge in [-0.05, 0) is 31.9 Å². The molecule has 0 spiro atoms. The second-order valence-electron chi connectivity index (χ2n) is 4.84. The normalized spacial score (nSPS) is 12.9. The molecular formula is C13H17NO6S. The van der Waals surface area contributed by atoms with Crippen molar-refractivity contribution in [1.29, 1.82) is 0 Å². The Balaban J connectivity index is 3.23. The first-order valence-electron chi connectivity index (χ1n) is 6.09. The molecule has 0 bridgehead atoms. The summed E-state index contributed by atoms with van der Waals surface area (Å²) in [6.07, 6.45) is -0.835. The molecular weight excluding hydrogens is 298 g/mol. The first kappa shape index (κ1) is 17.1. The van der Waals surface area contributed by atoms with Crippen molar-refractivity contribution in [3.8, 4) is 0 Å². The van der Waals surface area contributed by atoms with E-state index in [2.05, 4.69) is 0 Å². The van der Waals surface area contributed by atoms with Crippen LogP contribution < -0.4 is 4.72 Å². The van der Waals surface area contributed by atoms with Crippen molar-refractivity contribution in [2.45, 2.75) is 38.1 Å². The van der Waals surface area contributed by atoms with Crippen molar-refractivity contribution in [1.82, 2.24) is 4.72 Å². The third-order valence-corrected chi connectivity index (χ3v) is 4.62. The second kappa shape index (κ2) is 6.23. The van der Waals surface area contributed by atoms with Gasteiger partial charge in [0.2, 0.25) is 10.0 Å². The molecule has 0 fully saturated rings. The molecule has 0 aliphatic carbocycles. The average Bonchev–Trinajstić information content (AvgIpc) is 2.24. The predicted molar refractivity (Wildman–Crippen MR) is 74.7 cm³/mol. The monoisotopic (exact) mass is 315 g/mol. The van der Waals surface area contributed by atoms with Crippen molar-refractivity contribution in [3.63, 3.8) is 0 Å². The number of hydrogen-bond donors (Lipinski definition) is 3. The van der Waals surface area contributed by atoms with Crippen LogP contribution in [0.1, 0.15) is 23.1 Å². The lowest BCUT2D eigenvalue weighted by Crippen LogP contribution is -2.42. The number of carboxylic acid groups (broad SMARTS) is 2. The zero-order valence-electron chi connectivity index (χ0n) is 11.9. The van der Waals surface area contributed by atoms with Gasteiger partial charge in [0.1, 0.15) is 6.04 Å². The molecule has 0 aliphatic heterocycles. The van der Waals surface area contributed by atoms with Crippen LogP contribution in [0, 0.1) is 20.8 Å². The Kier molecular flexibility index (Phi) is 5.08. The topological polar surface area (TPSA) is 121 Å². The Morgan fingerprint density at radius 3 is 2.00 bits per heavy atom. The summed E-state index contributed by atoms with van der Waals surface area (Å²) in [5.41, 5.74) is 1.82. The smallest absolute Gasteiger partial charge is 0.322 e. The highest BCUT2D eigenvalue weighted by Crippen LogP contribution is 2.22. The molecule has 1 aromatic rings. The first-order valence-corrected chi connectivity index (χ1v) is 7.57. The Hall–Kier alpha value is -1.93. The van der Waals surface area contributed by atoms with Gasteiger partial charge in [0, 0.05) is 0 Å². The number of carbonyl (C=O) groups is 2. The third-order valence-electron chi connectivity index (χ3n) is 2.85. The van der Waals surface area contributed by atoms with Crippen LogP contribution in [0.25, 0.3) is 0 Å². The van der Waals surface area contributed by atoms with E-state index in [9.17, 15) is 18.0 Å². The minimum absolute atomic E-state index is 0.0234. The molecule has 0 aromatic heterocycles. The van der Waals surface area contributed by atoms with E-state index in [0.717, 1.165) is 5.56 Å². The summed E-state index contributed by atoms with van der Waals surface area (Å²) in [5, 5.41) is 17.6. The second-order valence-corrected chi connectivity index (χ2v) is 6.49. The van der Waals surface area contributed by atoms with Gasteiger partial charge in [-0.3, -0.25) is 9.59 Å². The lowest BCUT2D eigenvalue weighted by Gasteiger charge is -2.16. The zero-order valence-corrected chi connectivity index (χ0v) is 12.7. The maximum absolute atomic E-state index is 12.3. The van der Waals surface area contributed by atoms with E-state index in [1.54, 1.807) is 26.0 Å². The van der Waals surface area contributed by atoms with Crippen molar-refractivity contribution in [2.24, 2.45) is 0 Å². The van der Waals surface area contributed by atoms with Crippen LogP contribution in [0.2, 0.25) is 0 Å². The van der Waals surface area contributed by atoms with Crippen molar-refractivity contribution >= 4 is 22.0 Å². The van der Waals surface area contributed by atoms with Gasteiger partial charge >= 0.3 is 11.9 Å². The van der Waals surface area contributed by atoms with E-state index in [4.69, 9.17) is 10.2 Å². The molecule has 8 heteroatoms. The highest BCUT2D eigenvalue weighted by atomic mass is 32.2. The number of rotatable bonds is 6. The molecule has 0 heterocycles. The summed E-state index contributed by atoms with van der Waals surface area (Å²) in [4.78, 5) is 21.6. The van der Waals surface area contributed by atoms with Crippen LogP contribution in [-0.4, -0.2) is 36.6 Å². The van der Waals surface area contributed by atoms with E-state index in [1.165, 1.54) is 0 Å². The first-order chi connectivity index (χ1) is 9.54. The predicted octanol–water partition coefficient (Wildman–Crippen LogP) is 0.818. The van der Waals surface area contributed by atoms with Gasteiger partial charge in [0.05, 0.1) is 11.3 Å². The molecule has 3 N–H and O–H groups in total. The summed E-state index contributed by atoms with van der Waals surface area (Å²) in [7, 11) is -4.12. The molecule has 1 atom stereocenters. The number of carboxylic acids is 2. The Morgan fingerprint density at radius 2 is 1.62 bits per heavy atom. The minimum atomic E-state index is -4.12. The van der Waals surface area contributed by atoms with Crippen LogP contribution in [-0.2, 0) is 19.6 Å². The zero-order chi connectivity index (χ0) is 16.4. The SMILES string of the molecule is Cc1cc(C)c(S(=O)(=O)NC(CC(=O)O)C(=O)O)c(C)c1. The number of aryl methyl sites for hydroxylation is 3. The molecule has 0 radical (unpaired) electrons. The lowest BCUT2D eigenvalue weighted by atomic mass is 10.1. The Morgan fingerprint density at radius 1 is 1.14 bits per heavy atom. The molecule has 0 amide bonds. The van der Waals surface area contributed by atoms with Gasteiger partial charge in [-0.25, -0.2) is 8.42 Å². The van der Waals surface area contributed by atoms with Gasteiger partial charge in [-0.15, -0.1) is 0 Å². The number of hydrogen-bond acceptors (Lipinski definition) is 4. The summed E-state index contributed by atoms with van der Waals surface area (Å²) in [5.74, 6) is -2.94. The van der Waals surface area contributed by atoms with Gasteiger partial charge in [-0.1, -0.05) is 17.7 Å². The van der Waals surface area contributed by atoms with E-state index >= 15 is 0 Å². The van der Waals surface area contributed by atoms with Crippen molar-refractivity contribution in [2.75, 3.05) is 0 Å². The fourth-order valence-electron chi connectivity index (χ4n) is 2.19. The fraction of sp³-hybridized carbons (Fsp3) is 0.385. The Labute approximate surface area is 122 Å². The summed E-state index contributed by atoms with van der Waals surface area (Å²) in [6, 6.07) is 1.61. The fourth-order valence-corrected chi connectivity index (χ4v) is 3.83. The molecule has 0 saturated carbocycles. The minimum Gasteiger partial charge on any atom is -0.481 e.